The molecule has 0 spiro atoms. The van der Waals surface area contributed by atoms with E-state index in [1.165, 1.54) is 0 Å². The summed E-state index contributed by atoms with van der Waals surface area (Å²) in [5.41, 5.74) is 6.32. The fraction of sp³-hybridized carbons (Fsp3) is 0.200. The third kappa shape index (κ3) is 3.40. The Morgan fingerprint density at radius 3 is 2.69 bits per heavy atom. The second-order valence-corrected chi connectivity index (χ2v) is 3.42. The predicted molar refractivity (Wildman–Crippen MR) is 63.8 cm³/mol. The van der Waals surface area contributed by atoms with Crippen LogP contribution in [0.1, 0.15) is 15.9 Å². The molecule has 0 fully saturated rings. The van der Waals surface area contributed by atoms with Crippen molar-refractivity contribution in [3.05, 3.63) is 35.4 Å². The van der Waals surface area contributed by atoms with E-state index in [0.717, 1.165) is 0 Å². The maximum absolute atomic E-state index is 11.6. The van der Waals surface area contributed by atoms with E-state index >= 15 is 0 Å². The molecule has 0 unspecified atom stereocenters. The van der Waals surface area contributed by atoms with Crippen LogP contribution in [-0.4, -0.2) is 17.7 Å². The molecule has 16 heavy (non-hydrogen) atoms. The van der Waals surface area contributed by atoms with E-state index in [2.05, 4.69) is 9.99 Å². The number of hydrogen-bond acceptors (Lipinski definition) is 3. The topological polar surface area (TPSA) is 64.7 Å². The van der Waals surface area contributed by atoms with E-state index in [-0.39, 0.29) is 17.6 Å². The lowest BCUT2D eigenvalue weighted by molar-refractivity contribution is 0.0514. The summed E-state index contributed by atoms with van der Waals surface area (Å²) in [4.78, 5) is 16.2. The SMILES string of the molecule is NC(CCl)=NOC(=O)c1ccccc1CCl. The van der Waals surface area contributed by atoms with Crippen molar-refractivity contribution in [2.75, 3.05) is 5.88 Å². The quantitative estimate of drug-likeness (QED) is 0.297. The first-order valence-corrected chi connectivity index (χ1v) is 5.49. The molecule has 0 heterocycles. The number of carbonyl (C=O) groups is 1. The fourth-order valence-corrected chi connectivity index (χ4v) is 1.29. The van der Waals surface area contributed by atoms with Gasteiger partial charge in [0.15, 0.2) is 5.84 Å². The normalized spacial score (nSPS) is 11.2. The van der Waals surface area contributed by atoms with Crippen molar-refractivity contribution in [3.8, 4) is 0 Å². The summed E-state index contributed by atoms with van der Waals surface area (Å²) in [7, 11) is 0. The van der Waals surface area contributed by atoms with Crippen LogP contribution in [-0.2, 0) is 10.7 Å². The van der Waals surface area contributed by atoms with Crippen molar-refractivity contribution in [1.82, 2.24) is 0 Å². The smallest absolute Gasteiger partial charge is 0.366 e. The molecule has 86 valence electrons. The zero-order chi connectivity index (χ0) is 12.0. The minimum atomic E-state index is -0.607. The van der Waals surface area contributed by atoms with Crippen molar-refractivity contribution in [2.24, 2.45) is 10.9 Å². The van der Waals surface area contributed by atoms with Gasteiger partial charge in [0.2, 0.25) is 0 Å². The molecule has 0 aliphatic carbocycles. The average Bonchev–Trinajstić information content (AvgIpc) is 2.35. The van der Waals surface area contributed by atoms with E-state index in [0.29, 0.717) is 11.1 Å². The second kappa shape index (κ2) is 6.35. The summed E-state index contributed by atoms with van der Waals surface area (Å²) in [6.07, 6.45) is 0. The van der Waals surface area contributed by atoms with Crippen molar-refractivity contribution < 1.29 is 9.63 Å². The number of nitrogens with two attached hydrogens (primary N) is 1. The molecule has 0 aliphatic heterocycles. The second-order valence-electron chi connectivity index (χ2n) is 2.89. The Morgan fingerprint density at radius 2 is 2.06 bits per heavy atom. The number of amidine groups is 1. The number of rotatable bonds is 4. The highest BCUT2D eigenvalue weighted by molar-refractivity contribution is 6.27. The van der Waals surface area contributed by atoms with Crippen LogP contribution in [0.4, 0.5) is 0 Å². The van der Waals surface area contributed by atoms with Crippen LogP contribution >= 0.6 is 23.2 Å². The van der Waals surface area contributed by atoms with Crippen LogP contribution in [0.5, 0.6) is 0 Å². The molecular weight excluding hydrogens is 251 g/mol. The molecule has 1 rings (SSSR count). The maximum Gasteiger partial charge on any atom is 0.366 e. The Morgan fingerprint density at radius 1 is 1.38 bits per heavy atom. The summed E-state index contributed by atoms with van der Waals surface area (Å²) < 4.78 is 0. The minimum absolute atomic E-state index is 0.00440. The monoisotopic (exact) mass is 260 g/mol. The zero-order valence-corrected chi connectivity index (χ0v) is 9.83. The molecule has 0 saturated carbocycles. The number of hydrogen-bond donors (Lipinski definition) is 1. The molecule has 0 amide bonds. The van der Waals surface area contributed by atoms with Crippen molar-refractivity contribution in [1.29, 1.82) is 0 Å². The van der Waals surface area contributed by atoms with Crippen molar-refractivity contribution in [2.45, 2.75) is 5.88 Å². The highest BCUT2D eigenvalue weighted by Gasteiger charge is 2.11. The van der Waals surface area contributed by atoms with Gasteiger partial charge in [0.25, 0.3) is 0 Å². The Kier molecular flexibility index (Phi) is 5.08. The maximum atomic E-state index is 11.6. The van der Waals surface area contributed by atoms with Gasteiger partial charge >= 0.3 is 5.97 Å². The van der Waals surface area contributed by atoms with E-state index in [9.17, 15) is 4.79 Å². The molecule has 0 bridgehead atoms. The molecule has 0 radical (unpaired) electrons. The van der Waals surface area contributed by atoms with Crippen LogP contribution in [0, 0.1) is 0 Å². The number of nitrogens with zero attached hydrogens (tertiary/aromatic N) is 1. The largest absolute Gasteiger partial charge is 0.383 e. The lowest BCUT2D eigenvalue weighted by Gasteiger charge is -2.03. The van der Waals surface area contributed by atoms with E-state index < -0.39 is 5.97 Å². The molecule has 1 aromatic rings. The molecule has 0 aliphatic rings. The molecular formula is C10H10Cl2N2O2. The van der Waals surface area contributed by atoms with Crippen LogP contribution in [0.3, 0.4) is 0 Å². The van der Waals surface area contributed by atoms with E-state index in [1.54, 1.807) is 24.3 Å². The molecule has 0 atom stereocenters. The number of oxime groups is 1. The van der Waals surface area contributed by atoms with Gasteiger partial charge in [-0.1, -0.05) is 23.4 Å². The number of benzene rings is 1. The number of halogens is 2. The van der Waals surface area contributed by atoms with Crippen LogP contribution < -0.4 is 5.73 Å². The Hall–Kier alpha value is -1.26. The molecule has 1 aromatic carbocycles. The Labute approximate surface area is 103 Å². The third-order valence-electron chi connectivity index (χ3n) is 1.76. The third-order valence-corrected chi connectivity index (χ3v) is 2.33. The summed E-state index contributed by atoms with van der Waals surface area (Å²) in [5.74, 6) is -0.340. The minimum Gasteiger partial charge on any atom is -0.383 e. The van der Waals surface area contributed by atoms with Gasteiger partial charge in [-0.15, -0.1) is 23.2 Å². The fourth-order valence-electron chi connectivity index (χ4n) is 1.01. The lowest BCUT2D eigenvalue weighted by atomic mass is 10.1. The molecule has 6 heteroatoms. The van der Waals surface area contributed by atoms with Crippen LogP contribution in [0.15, 0.2) is 29.4 Å². The van der Waals surface area contributed by atoms with E-state index in [4.69, 9.17) is 28.9 Å². The van der Waals surface area contributed by atoms with Gasteiger partial charge in [0, 0.05) is 5.88 Å². The molecule has 4 nitrogen and oxygen atoms in total. The number of carbonyl (C=O) groups excluding carboxylic acids is 1. The van der Waals surface area contributed by atoms with Gasteiger partial charge in [0.1, 0.15) is 0 Å². The summed E-state index contributed by atoms with van der Waals surface area (Å²) in [6.45, 7) is 0. The summed E-state index contributed by atoms with van der Waals surface area (Å²) in [5, 5.41) is 3.36. The van der Waals surface area contributed by atoms with Gasteiger partial charge in [-0.3, -0.25) is 0 Å². The van der Waals surface area contributed by atoms with Gasteiger partial charge in [-0.2, -0.15) is 0 Å². The first kappa shape index (κ1) is 12.8. The first-order chi connectivity index (χ1) is 7.69. The highest BCUT2D eigenvalue weighted by Crippen LogP contribution is 2.12. The summed E-state index contributed by atoms with van der Waals surface area (Å²) in [6, 6.07) is 6.83. The van der Waals surface area contributed by atoms with Gasteiger partial charge in [-0.25, -0.2) is 4.79 Å². The standard InChI is InChI=1S/C10H10Cl2N2O2/c11-5-7-3-1-2-4-8(7)10(15)16-14-9(13)6-12/h1-4H,5-6H2,(H2,13,14). The van der Waals surface area contributed by atoms with Gasteiger partial charge < -0.3 is 10.6 Å². The van der Waals surface area contributed by atoms with Crippen molar-refractivity contribution >= 4 is 35.0 Å². The average molecular weight is 261 g/mol. The van der Waals surface area contributed by atoms with Gasteiger partial charge in [0.05, 0.1) is 11.4 Å². The van der Waals surface area contributed by atoms with Crippen LogP contribution in [0.2, 0.25) is 0 Å². The van der Waals surface area contributed by atoms with Crippen LogP contribution in [0.25, 0.3) is 0 Å². The Balaban J connectivity index is 2.80. The highest BCUT2D eigenvalue weighted by atomic mass is 35.5. The zero-order valence-electron chi connectivity index (χ0n) is 8.32. The summed E-state index contributed by atoms with van der Waals surface area (Å²) >= 11 is 11.0. The Bertz CT molecular complexity index is 408. The lowest BCUT2D eigenvalue weighted by Crippen LogP contribution is -2.15. The van der Waals surface area contributed by atoms with Gasteiger partial charge in [-0.05, 0) is 11.6 Å². The number of alkyl halides is 2. The molecule has 0 aromatic heterocycles. The predicted octanol–water partition coefficient (Wildman–Crippen LogP) is 2.09. The molecule has 0 saturated heterocycles. The first-order valence-electron chi connectivity index (χ1n) is 4.42. The van der Waals surface area contributed by atoms with Crippen molar-refractivity contribution in [3.63, 3.8) is 0 Å². The molecule has 2 N–H and O–H groups in total. The van der Waals surface area contributed by atoms with E-state index in [1.807, 2.05) is 0 Å².